The SMILES string of the molecule is N=C(N)NCCCC(NC(=O)c1ccc(C23CCC(Cl)(CC2)CC3)cc1)OBOC(CCCNC(=N)N)NC(=O)c1ccc(C23CCC(Cl)(CC2)CC3)cc1. The van der Waals surface area contributed by atoms with Gasteiger partial charge in [-0.1, -0.05) is 24.3 Å². The molecule has 0 aromatic heterocycles. The molecule has 15 heteroatoms. The number of carbonyl (C=O) groups is 2. The lowest BCUT2D eigenvalue weighted by Gasteiger charge is -2.51. The Kier molecular flexibility index (Phi) is 13.3. The number of carbonyl (C=O) groups excluding carboxylic acids is 2. The van der Waals surface area contributed by atoms with Gasteiger partial charge < -0.3 is 42.0 Å². The first kappa shape index (κ1) is 41.1. The molecule has 0 aliphatic heterocycles. The molecule has 4 bridgehead atoms. The average molecular weight is 796 g/mol. The van der Waals surface area contributed by atoms with Gasteiger partial charge in [0.1, 0.15) is 12.5 Å². The van der Waals surface area contributed by atoms with E-state index in [9.17, 15) is 9.59 Å². The van der Waals surface area contributed by atoms with Crippen LogP contribution in [0.5, 0.6) is 0 Å². The summed E-state index contributed by atoms with van der Waals surface area (Å²) in [5.74, 6) is -0.802. The summed E-state index contributed by atoms with van der Waals surface area (Å²) >= 11 is 13.5. The van der Waals surface area contributed by atoms with Crippen molar-refractivity contribution in [3.8, 4) is 0 Å². The second-order valence-electron chi connectivity index (χ2n) is 16.4. The first-order chi connectivity index (χ1) is 26.3. The smallest absolute Gasteiger partial charge is 0.393 e. The van der Waals surface area contributed by atoms with Crippen molar-refractivity contribution < 1.29 is 18.9 Å². The molecule has 2 aromatic rings. The molecular formula is C40H57BCl2N8O4. The maximum absolute atomic E-state index is 13.5. The van der Waals surface area contributed by atoms with Gasteiger partial charge in [0.25, 0.3) is 11.8 Å². The lowest BCUT2D eigenvalue weighted by atomic mass is 9.57. The summed E-state index contributed by atoms with van der Waals surface area (Å²) in [5, 5.41) is 26.5. The molecule has 6 aliphatic rings. The summed E-state index contributed by atoms with van der Waals surface area (Å²) < 4.78 is 12.2. The molecule has 298 valence electrons. The molecule has 6 fully saturated rings. The Bertz CT molecular complexity index is 1510. The zero-order chi connectivity index (χ0) is 39.1. The van der Waals surface area contributed by atoms with Crippen LogP contribution in [0.3, 0.4) is 0 Å². The van der Waals surface area contributed by atoms with Crippen LogP contribution < -0.4 is 32.7 Å². The van der Waals surface area contributed by atoms with Crippen LogP contribution in [0.15, 0.2) is 48.5 Å². The number of amides is 2. The fourth-order valence-corrected chi connectivity index (χ4v) is 9.74. The molecule has 2 unspecified atom stereocenters. The van der Waals surface area contributed by atoms with E-state index in [2.05, 4.69) is 45.5 Å². The van der Waals surface area contributed by atoms with Crippen molar-refractivity contribution in [3.63, 3.8) is 0 Å². The Morgan fingerprint density at radius 1 is 0.618 bits per heavy atom. The number of hydrogen-bond donors (Lipinski definition) is 8. The van der Waals surface area contributed by atoms with Gasteiger partial charge in [0.2, 0.25) is 0 Å². The van der Waals surface area contributed by atoms with Crippen molar-refractivity contribution in [1.82, 2.24) is 21.3 Å². The van der Waals surface area contributed by atoms with Gasteiger partial charge in [0.15, 0.2) is 11.9 Å². The molecule has 2 amide bonds. The number of alkyl halides is 2. The Hall–Kier alpha value is -3.52. The van der Waals surface area contributed by atoms with Gasteiger partial charge in [-0.2, -0.15) is 0 Å². The summed E-state index contributed by atoms with van der Waals surface area (Å²) in [4.78, 5) is 26.9. The van der Waals surface area contributed by atoms with Crippen LogP contribution in [0.25, 0.3) is 0 Å². The minimum absolute atomic E-state index is 0.0335. The molecule has 10 N–H and O–H groups in total. The Balaban J connectivity index is 1.05. The lowest BCUT2D eigenvalue weighted by molar-refractivity contribution is 0.0600. The second-order valence-corrected chi connectivity index (χ2v) is 18.0. The van der Waals surface area contributed by atoms with E-state index >= 15 is 0 Å². The fraction of sp³-hybridized carbons (Fsp3) is 0.600. The normalized spacial score (nSPS) is 27.7. The van der Waals surface area contributed by atoms with Gasteiger partial charge in [-0.05, 0) is 149 Å². The molecule has 55 heavy (non-hydrogen) atoms. The number of guanidine groups is 2. The predicted octanol–water partition coefficient (Wildman–Crippen LogP) is 5.49. The third-order valence-corrected chi connectivity index (χ3v) is 14.0. The van der Waals surface area contributed by atoms with Gasteiger partial charge >= 0.3 is 7.69 Å². The first-order valence-electron chi connectivity index (χ1n) is 19.9. The van der Waals surface area contributed by atoms with Crippen LogP contribution >= 0.6 is 23.2 Å². The molecule has 12 nitrogen and oxygen atoms in total. The molecule has 0 heterocycles. The van der Waals surface area contributed by atoms with E-state index in [0.717, 1.165) is 77.0 Å². The highest BCUT2D eigenvalue weighted by Gasteiger charge is 2.49. The van der Waals surface area contributed by atoms with E-state index in [4.69, 9.17) is 54.8 Å². The van der Waals surface area contributed by atoms with Crippen LogP contribution in [0.2, 0.25) is 0 Å². The molecule has 2 atom stereocenters. The number of nitrogens with two attached hydrogens (primary N) is 2. The number of nitrogens with one attached hydrogen (secondary N) is 6. The zero-order valence-corrected chi connectivity index (χ0v) is 33.3. The maximum atomic E-state index is 13.5. The maximum Gasteiger partial charge on any atom is 0.441 e. The third kappa shape index (κ3) is 10.5. The molecule has 6 saturated carbocycles. The van der Waals surface area contributed by atoms with E-state index < -0.39 is 12.5 Å². The van der Waals surface area contributed by atoms with Crippen LogP contribution in [0, 0.1) is 10.8 Å². The van der Waals surface area contributed by atoms with Gasteiger partial charge in [0.05, 0.1) is 0 Å². The van der Waals surface area contributed by atoms with Crippen molar-refractivity contribution in [1.29, 1.82) is 10.8 Å². The monoisotopic (exact) mass is 794 g/mol. The van der Waals surface area contributed by atoms with Crippen molar-refractivity contribution in [3.05, 3.63) is 70.8 Å². The van der Waals surface area contributed by atoms with Gasteiger partial charge in [-0.15, -0.1) is 23.2 Å². The van der Waals surface area contributed by atoms with E-state index in [-0.39, 0.29) is 52.0 Å². The van der Waals surface area contributed by atoms with Crippen molar-refractivity contribution in [2.45, 2.75) is 136 Å². The molecule has 8 rings (SSSR count). The number of rotatable bonds is 18. The Morgan fingerprint density at radius 3 is 1.25 bits per heavy atom. The second kappa shape index (κ2) is 17.7. The number of halogens is 2. The average Bonchev–Trinajstić information content (AvgIpc) is 3.18. The van der Waals surface area contributed by atoms with Crippen LogP contribution in [0.4, 0.5) is 0 Å². The highest BCUT2D eigenvalue weighted by molar-refractivity contribution is 6.24. The minimum atomic E-state index is -0.709. The first-order valence-corrected chi connectivity index (χ1v) is 20.7. The lowest BCUT2D eigenvalue weighted by Crippen LogP contribution is -2.45. The van der Waals surface area contributed by atoms with Crippen molar-refractivity contribution in [2.24, 2.45) is 11.5 Å². The van der Waals surface area contributed by atoms with Crippen LogP contribution in [0.1, 0.15) is 135 Å². The summed E-state index contributed by atoms with van der Waals surface area (Å²) in [6.45, 7) is 0.864. The third-order valence-electron chi connectivity index (χ3n) is 12.9. The molecular weight excluding hydrogens is 738 g/mol. The van der Waals surface area contributed by atoms with Crippen molar-refractivity contribution in [2.75, 3.05) is 13.1 Å². The van der Waals surface area contributed by atoms with Crippen molar-refractivity contribution >= 4 is 54.6 Å². The fourth-order valence-electron chi connectivity index (χ4n) is 9.17. The topological polar surface area (TPSA) is 200 Å². The van der Waals surface area contributed by atoms with Gasteiger partial charge in [0, 0.05) is 34.0 Å². The molecule has 6 aliphatic carbocycles. The quantitative estimate of drug-likeness (QED) is 0.0242. The number of hydrogen-bond acceptors (Lipinski definition) is 6. The van der Waals surface area contributed by atoms with E-state index in [0.29, 0.717) is 49.9 Å². The minimum Gasteiger partial charge on any atom is -0.393 e. The van der Waals surface area contributed by atoms with Gasteiger partial charge in [-0.3, -0.25) is 20.4 Å². The molecule has 0 radical (unpaired) electrons. The van der Waals surface area contributed by atoms with E-state index in [1.165, 1.54) is 11.1 Å². The Morgan fingerprint density at radius 2 is 0.945 bits per heavy atom. The summed E-state index contributed by atoms with van der Waals surface area (Å²) in [6, 6.07) is 15.8. The molecule has 0 spiro atoms. The highest BCUT2D eigenvalue weighted by atomic mass is 35.5. The van der Waals surface area contributed by atoms with Crippen LogP contribution in [-0.2, 0) is 20.1 Å². The van der Waals surface area contributed by atoms with E-state index in [1.54, 1.807) is 0 Å². The molecule has 2 aromatic carbocycles. The number of benzene rings is 2. The predicted molar refractivity (Wildman–Crippen MR) is 219 cm³/mol. The van der Waals surface area contributed by atoms with Gasteiger partial charge in [-0.25, -0.2) is 0 Å². The Labute approximate surface area is 335 Å². The highest BCUT2D eigenvalue weighted by Crippen LogP contribution is 2.57. The number of fused-ring (bicyclic) bond motifs is 6. The largest absolute Gasteiger partial charge is 0.441 e. The van der Waals surface area contributed by atoms with E-state index in [1.807, 2.05) is 24.3 Å². The van der Waals surface area contributed by atoms with Crippen LogP contribution in [-0.4, -0.2) is 66.7 Å². The summed E-state index contributed by atoms with van der Waals surface area (Å²) in [5.41, 5.74) is 14.8. The zero-order valence-electron chi connectivity index (χ0n) is 31.8. The summed E-state index contributed by atoms with van der Waals surface area (Å²) in [7, 11) is -0.205. The standard InChI is InChI=1S/C40H57BCl2N8O4/c42-39-19-13-37(14-20-39,15-21-39)29-9-5-27(6-10-29)33(52)50-31(3-1-25-48-35(44)45)54-41-55-32(4-2-26-49-36(46)47)51-34(53)28-7-11-30(12-8-28)38-16-22-40(43,23-17-38)24-18-38/h5-12,31-32,41H,1-4,13-26H2,(H,50,52)(H,51,53)(H4,44,45,48)(H4,46,47,49). The summed E-state index contributed by atoms with van der Waals surface area (Å²) in [6.07, 6.45) is 13.2. The molecule has 0 saturated heterocycles.